The van der Waals surface area contributed by atoms with E-state index in [1.54, 1.807) is 20.8 Å². The molecule has 1 aliphatic heterocycles. The van der Waals surface area contributed by atoms with Crippen LogP contribution < -0.4 is 0 Å². The molecule has 6 nitrogen and oxygen atoms in total. The Morgan fingerprint density at radius 3 is 2.26 bits per heavy atom. The number of ether oxygens (including phenoxy) is 1. The smallest absolute Gasteiger partial charge is 0.411 e. The van der Waals surface area contributed by atoms with Crippen molar-refractivity contribution in [2.24, 2.45) is 0 Å². The molecule has 1 aliphatic carbocycles. The van der Waals surface area contributed by atoms with Gasteiger partial charge in [-0.05, 0) is 60.8 Å². The van der Waals surface area contributed by atoms with Crippen molar-refractivity contribution in [2.75, 3.05) is 6.54 Å². The van der Waals surface area contributed by atoms with E-state index in [9.17, 15) is 14.7 Å². The standard InChI is InChI=1S/C17H30N2O4/c1-11(2)19(15(22)23-16(4,5)6)17(14(20)21)9-12(3)18(10-17)13-7-8-13/h11-13H,7-10H2,1-6H3,(H,20,21). The Kier molecular flexibility index (Phi) is 4.68. The summed E-state index contributed by atoms with van der Waals surface area (Å²) in [5.74, 6) is -0.938. The van der Waals surface area contributed by atoms with Crippen LogP contribution in [0.5, 0.6) is 0 Å². The highest BCUT2D eigenvalue weighted by Crippen LogP contribution is 2.41. The fourth-order valence-electron chi connectivity index (χ4n) is 3.65. The number of carboxylic acids is 1. The fraction of sp³-hybridized carbons (Fsp3) is 0.882. The lowest BCUT2D eigenvalue weighted by Crippen LogP contribution is -2.62. The first kappa shape index (κ1) is 18.0. The third-order valence-corrected chi connectivity index (χ3v) is 4.63. The summed E-state index contributed by atoms with van der Waals surface area (Å²) in [7, 11) is 0. The average molecular weight is 326 g/mol. The van der Waals surface area contributed by atoms with E-state index in [0.29, 0.717) is 19.0 Å². The molecule has 2 rings (SSSR count). The van der Waals surface area contributed by atoms with E-state index in [1.807, 2.05) is 13.8 Å². The Morgan fingerprint density at radius 1 is 1.30 bits per heavy atom. The Hall–Kier alpha value is -1.30. The molecular weight excluding hydrogens is 296 g/mol. The summed E-state index contributed by atoms with van der Waals surface area (Å²) in [5, 5.41) is 9.99. The van der Waals surface area contributed by atoms with Crippen LogP contribution in [0.4, 0.5) is 4.79 Å². The second kappa shape index (κ2) is 5.96. The minimum atomic E-state index is -1.21. The highest BCUT2D eigenvalue weighted by molar-refractivity contribution is 5.85. The van der Waals surface area contributed by atoms with Crippen molar-refractivity contribution in [1.82, 2.24) is 9.80 Å². The first-order chi connectivity index (χ1) is 10.5. The SMILES string of the molecule is CC1CC(C(=O)O)(N(C(=O)OC(C)(C)C)C(C)C)CN1C1CC1. The van der Waals surface area contributed by atoms with E-state index in [4.69, 9.17) is 4.74 Å². The Labute approximate surface area is 138 Å². The molecule has 1 heterocycles. The number of nitrogens with zero attached hydrogens (tertiary/aromatic N) is 2. The molecular formula is C17H30N2O4. The maximum Gasteiger partial charge on any atom is 0.411 e. The molecule has 0 spiro atoms. The van der Waals surface area contributed by atoms with Crippen LogP contribution in [0.3, 0.4) is 0 Å². The zero-order valence-electron chi connectivity index (χ0n) is 15.1. The van der Waals surface area contributed by atoms with Gasteiger partial charge in [0.2, 0.25) is 0 Å². The first-order valence-corrected chi connectivity index (χ1v) is 8.49. The number of hydrogen-bond donors (Lipinski definition) is 1. The lowest BCUT2D eigenvalue weighted by atomic mass is 9.93. The molecule has 2 fully saturated rings. The topological polar surface area (TPSA) is 70.1 Å². The van der Waals surface area contributed by atoms with E-state index in [2.05, 4.69) is 11.8 Å². The lowest BCUT2D eigenvalue weighted by Gasteiger charge is -2.41. The second-order valence-electron chi connectivity index (χ2n) is 8.24. The number of aliphatic carboxylic acids is 1. The normalized spacial score (nSPS) is 28.9. The second-order valence-corrected chi connectivity index (χ2v) is 8.24. The summed E-state index contributed by atoms with van der Waals surface area (Å²) in [5.41, 5.74) is -1.86. The number of hydrogen-bond acceptors (Lipinski definition) is 4. The summed E-state index contributed by atoms with van der Waals surface area (Å²) in [6, 6.07) is 0.383. The number of carbonyl (C=O) groups excluding carboxylic acids is 1. The zero-order valence-corrected chi connectivity index (χ0v) is 15.1. The van der Waals surface area contributed by atoms with Gasteiger partial charge in [0, 0.05) is 24.7 Å². The van der Waals surface area contributed by atoms with Gasteiger partial charge in [-0.15, -0.1) is 0 Å². The van der Waals surface area contributed by atoms with E-state index < -0.39 is 23.2 Å². The third kappa shape index (κ3) is 3.62. The maximum absolute atomic E-state index is 12.7. The molecule has 1 saturated heterocycles. The van der Waals surface area contributed by atoms with Crippen LogP contribution in [0.25, 0.3) is 0 Å². The van der Waals surface area contributed by atoms with Gasteiger partial charge in [-0.25, -0.2) is 9.59 Å². The van der Waals surface area contributed by atoms with Crippen molar-refractivity contribution < 1.29 is 19.4 Å². The van der Waals surface area contributed by atoms with Crippen LogP contribution in [-0.4, -0.2) is 62.8 Å². The van der Waals surface area contributed by atoms with Crippen LogP contribution in [-0.2, 0) is 9.53 Å². The van der Waals surface area contributed by atoms with Gasteiger partial charge in [0.05, 0.1) is 0 Å². The van der Waals surface area contributed by atoms with E-state index in [0.717, 1.165) is 12.8 Å². The van der Waals surface area contributed by atoms with Crippen LogP contribution in [0, 0.1) is 0 Å². The molecule has 23 heavy (non-hydrogen) atoms. The van der Waals surface area contributed by atoms with Crippen molar-refractivity contribution in [3.05, 3.63) is 0 Å². The van der Waals surface area contributed by atoms with Gasteiger partial charge in [-0.1, -0.05) is 0 Å². The molecule has 0 aromatic rings. The molecule has 2 aliphatic rings. The lowest BCUT2D eigenvalue weighted by molar-refractivity contribution is -0.152. The predicted molar refractivity (Wildman–Crippen MR) is 87.4 cm³/mol. The van der Waals surface area contributed by atoms with Gasteiger partial charge in [-0.2, -0.15) is 0 Å². The number of amides is 1. The molecule has 132 valence electrons. The molecule has 6 heteroatoms. The number of carboxylic acid groups (broad SMARTS) is 1. The van der Waals surface area contributed by atoms with Crippen molar-refractivity contribution in [1.29, 1.82) is 0 Å². The van der Waals surface area contributed by atoms with Crippen molar-refractivity contribution in [2.45, 2.75) is 90.1 Å². The molecule has 0 aromatic carbocycles. The number of rotatable bonds is 4. The summed E-state index contributed by atoms with van der Waals surface area (Å²) in [6.45, 7) is 11.5. The predicted octanol–water partition coefficient (Wildman–Crippen LogP) is 2.71. The van der Waals surface area contributed by atoms with Crippen LogP contribution >= 0.6 is 0 Å². The summed E-state index contributed by atoms with van der Waals surface area (Å²) in [6.07, 6.45) is 2.14. The zero-order chi connectivity index (χ0) is 17.6. The van der Waals surface area contributed by atoms with Gasteiger partial charge >= 0.3 is 12.1 Å². The van der Waals surface area contributed by atoms with Crippen LogP contribution in [0.15, 0.2) is 0 Å². The quantitative estimate of drug-likeness (QED) is 0.860. The van der Waals surface area contributed by atoms with E-state index >= 15 is 0 Å². The van der Waals surface area contributed by atoms with E-state index in [-0.39, 0.29) is 12.1 Å². The number of likely N-dealkylation sites (tertiary alicyclic amines) is 1. The largest absolute Gasteiger partial charge is 0.479 e. The minimum Gasteiger partial charge on any atom is -0.479 e. The van der Waals surface area contributed by atoms with Gasteiger partial charge in [-0.3, -0.25) is 9.80 Å². The molecule has 0 radical (unpaired) electrons. The highest BCUT2D eigenvalue weighted by Gasteiger charge is 2.57. The summed E-state index contributed by atoms with van der Waals surface area (Å²) >= 11 is 0. The van der Waals surface area contributed by atoms with Crippen molar-refractivity contribution in [3.63, 3.8) is 0 Å². The van der Waals surface area contributed by atoms with Gasteiger partial charge in [0.15, 0.2) is 5.54 Å². The van der Waals surface area contributed by atoms with Crippen molar-refractivity contribution in [3.8, 4) is 0 Å². The Morgan fingerprint density at radius 2 is 1.87 bits per heavy atom. The van der Waals surface area contributed by atoms with E-state index in [1.165, 1.54) is 4.90 Å². The molecule has 1 N–H and O–H groups in total. The molecule has 1 amide bonds. The molecule has 2 atom stereocenters. The monoisotopic (exact) mass is 326 g/mol. The Balaban J connectivity index is 2.32. The molecule has 2 unspecified atom stereocenters. The van der Waals surface area contributed by atoms with Crippen LogP contribution in [0.1, 0.15) is 60.8 Å². The van der Waals surface area contributed by atoms with Gasteiger partial charge in [0.1, 0.15) is 5.60 Å². The fourth-order valence-corrected chi connectivity index (χ4v) is 3.65. The first-order valence-electron chi connectivity index (χ1n) is 8.49. The summed E-state index contributed by atoms with van der Waals surface area (Å²) < 4.78 is 5.50. The number of carbonyl (C=O) groups is 2. The average Bonchev–Trinajstić information content (AvgIpc) is 3.11. The third-order valence-electron chi connectivity index (χ3n) is 4.63. The highest BCUT2D eigenvalue weighted by atomic mass is 16.6. The maximum atomic E-state index is 12.7. The summed E-state index contributed by atoms with van der Waals surface area (Å²) in [4.78, 5) is 28.6. The Bertz CT molecular complexity index is 481. The van der Waals surface area contributed by atoms with Crippen LogP contribution in [0.2, 0.25) is 0 Å². The molecule has 1 saturated carbocycles. The van der Waals surface area contributed by atoms with Gasteiger partial charge in [0.25, 0.3) is 0 Å². The minimum absolute atomic E-state index is 0.155. The van der Waals surface area contributed by atoms with Crippen molar-refractivity contribution >= 4 is 12.1 Å². The van der Waals surface area contributed by atoms with Gasteiger partial charge < -0.3 is 9.84 Å². The molecule has 0 bridgehead atoms. The molecule has 0 aromatic heterocycles.